The van der Waals surface area contributed by atoms with Gasteiger partial charge in [-0.1, -0.05) is 6.58 Å². The van der Waals surface area contributed by atoms with Crippen molar-refractivity contribution in [3.05, 3.63) is 12.7 Å². The van der Waals surface area contributed by atoms with Crippen molar-refractivity contribution < 1.29 is 9.53 Å². The first-order chi connectivity index (χ1) is 8.59. The molecule has 2 unspecified atom stereocenters. The summed E-state index contributed by atoms with van der Waals surface area (Å²) >= 11 is 4.61. The molecule has 0 radical (unpaired) electrons. The third-order valence-corrected chi connectivity index (χ3v) is 6.00. The van der Waals surface area contributed by atoms with E-state index >= 15 is 0 Å². The van der Waals surface area contributed by atoms with Crippen LogP contribution in [0.5, 0.6) is 0 Å². The van der Waals surface area contributed by atoms with Gasteiger partial charge in [-0.3, -0.25) is 0 Å². The first kappa shape index (κ1) is 12.6. The molecule has 0 saturated heterocycles. The van der Waals surface area contributed by atoms with E-state index in [1.165, 1.54) is 44.6 Å². The molecule has 18 heavy (non-hydrogen) atoms. The summed E-state index contributed by atoms with van der Waals surface area (Å²) in [5.41, 5.74) is 0.694. The topological polar surface area (TPSA) is 26.3 Å². The lowest BCUT2D eigenvalue weighted by Crippen LogP contribution is -2.54. The summed E-state index contributed by atoms with van der Waals surface area (Å²) in [6, 6.07) is 0. The second kappa shape index (κ2) is 4.29. The van der Waals surface area contributed by atoms with Gasteiger partial charge in [0.1, 0.15) is 0 Å². The van der Waals surface area contributed by atoms with E-state index in [2.05, 4.69) is 19.2 Å². The van der Waals surface area contributed by atoms with Gasteiger partial charge in [0.05, 0.1) is 6.61 Å². The minimum absolute atomic E-state index is 0.255. The van der Waals surface area contributed by atoms with Crippen molar-refractivity contribution >= 4 is 18.6 Å². The molecule has 0 aromatic heterocycles. The normalized spacial score (nSPS) is 44.9. The van der Waals surface area contributed by atoms with Gasteiger partial charge in [0, 0.05) is 11.5 Å². The van der Waals surface area contributed by atoms with Gasteiger partial charge in [-0.15, -0.1) is 0 Å². The van der Waals surface area contributed by atoms with Gasteiger partial charge in [-0.25, -0.2) is 4.79 Å². The van der Waals surface area contributed by atoms with Crippen molar-refractivity contribution in [2.75, 3.05) is 12.4 Å². The molecule has 4 saturated carbocycles. The maximum atomic E-state index is 11.3. The van der Waals surface area contributed by atoms with Crippen LogP contribution in [-0.4, -0.2) is 18.3 Å². The Hall–Kier alpha value is -0.440. The third-order valence-electron chi connectivity index (χ3n) is 5.33. The number of hydrogen-bond donors (Lipinski definition) is 1. The van der Waals surface area contributed by atoms with Crippen LogP contribution < -0.4 is 0 Å². The molecule has 4 bridgehead atoms. The van der Waals surface area contributed by atoms with Crippen LogP contribution in [-0.2, 0) is 9.53 Å². The van der Waals surface area contributed by atoms with E-state index < -0.39 is 0 Å². The van der Waals surface area contributed by atoms with Gasteiger partial charge >= 0.3 is 5.97 Å². The molecule has 4 fully saturated rings. The molecule has 0 aliphatic heterocycles. The lowest BCUT2D eigenvalue weighted by atomic mass is 9.45. The smallest absolute Gasteiger partial charge is 0.330 e. The quantitative estimate of drug-likeness (QED) is 0.480. The molecule has 4 aliphatic carbocycles. The Morgan fingerprint density at radius 2 is 1.89 bits per heavy atom. The Morgan fingerprint density at radius 1 is 1.28 bits per heavy atom. The molecular formula is C15H22O2S. The molecule has 4 aliphatic rings. The maximum absolute atomic E-state index is 11.3. The van der Waals surface area contributed by atoms with E-state index in [1.807, 2.05) is 0 Å². The molecule has 2 atom stereocenters. The van der Waals surface area contributed by atoms with E-state index in [0.717, 1.165) is 17.6 Å². The van der Waals surface area contributed by atoms with Crippen LogP contribution >= 0.6 is 12.6 Å². The van der Waals surface area contributed by atoms with Crippen LogP contribution in [0.1, 0.15) is 38.5 Å². The average Bonchev–Trinajstić information content (AvgIpc) is 2.34. The molecule has 2 nitrogen and oxygen atoms in total. The second-order valence-electron chi connectivity index (χ2n) is 6.93. The molecule has 0 N–H and O–H groups in total. The number of rotatable bonds is 4. The third kappa shape index (κ3) is 2.01. The fraction of sp³-hybridized carbons (Fsp3) is 0.800. The molecule has 3 heteroatoms. The summed E-state index contributed by atoms with van der Waals surface area (Å²) in [6.45, 7) is 4.07. The minimum atomic E-state index is -0.273. The monoisotopic (exact) mass is 266 g/mol. The molecule has 0 spiro atoms. The standard InChI is InChI=1S/C15H22O2S/c1-2-13(16)17-9-14-4-11-3-12(5-14)7-15(6-11,8-14)10-18/h2,11-12,18H,1,3-10H2. The average molecular weight is 266 g/mol. The molecule has 4 rings (SSSR count). The van der Waals surface area contributed by atoms with Crippen LogP contribution in [0, 0.1) is 22.7 Å². The molecule has 0 aromatic carbocycles. The first-order valence-corrected chi connectivity index (χ1v) is 7.62. The van der Waals surface area contributed by atoms with Crippen molar-refractivity contribution in [2.45, 2.75) is 38.5 Å². The van der Waals surface area contributed by atoms with Crippen LogP contribution in [0.25, 0.3) is 0 Å². The van der Waals surface area contributed by atoms with Crippen LogP contribution in [0.2, 0.25) is 0 Å². The van der Waals surface area contributed by atoms with Gasteiger partial charge in [-0.05, 0) is 61.5 Å². The van der Waals surface area contributed by atoms with E-state index in [-0.39, 0.29) is 11.4 Å². The number of carbonyl (C=O) groups is 1. The molecule has 0 heterocycles. The zero-order valence-corrected chi connectivity index (χ0v) is 11.8. The van der Waals surface area contributed by atoms with Crippen molar-refractivity contribution in [1.82, 2.24) is 0 Å². The summed E-state index contributed by atoms with van der Waals surface area (Å²) in [5, 5.41) is 0. The highest BCUT2D eigenvalue weighted by Gasteiger charge is 2.57. The molecule has 0 aromatic rings. The summed E-state index contributed by atoms with van der Waals surface area (Å²) in [7, 11) is 0. The van der Waals surface area contributed by atoms with Crippen molar-refractivity contribution in [2.24, 2.45) is 22.7 Å². The summed E-state index contributed by atoms with van der Waals surface area (Å²) < 4.78 is 5.38. The fourth-order valence-electron chi connectivity index (χ4n) is 5.29. The van der Waals surface area contributed by atoms with Crippen molar-refractivity contribution in [1.29, 1.82) is 0 Å². The summed E-state index contributed by atoms with van der Waals surface area (Å²) in [4.78, 5) is 11.3. The largest absolute Gasteiger partial charge is 0.462 e. The highest BCUT2D eigenvalue weighted by Crippen LogP contribution is 2.65. The van der Waals surface area contributed by atoms with E-state index in [0.29, 0.717) is 12.0 Å². The zero-order valence-electron chi connectivity index (χ0n) is 10.9. The lowest BCUT2D eigenvalue weighted by Gasteiger charge is -2.61. The zero-order chi connectivity index (χ0) is 12.8. The highest BCUT2D eigenvalue weighted by atomic mass is 32.1. The van der Waals surface area contributed by atoms with Gasteiger partial charge in [0.15, 0.2) is 0 Å². The Labute approximate surface area is 115 Å². The van der Waals surface area contributed by atoms with E-state index in [1.54, 1.807) is 0 Å². The number of ether oxygens (including phenoxy) is 1. The van der Waals surface area contributed by atoms with Gasteiger partial charge in [0.25, 0.3) is 0 Å². The number of carbonyl (C=O) groups excluding carboxylic acids is 1. The predicted molar refractivity (Wildman–Crippen MR) is 74.6 cm³/mol. The van der Waals surface area contributed by atoms with Crippen molar-refractivity contribution in [3.63, 3.8) is 0 Å². The Morgan fingerprint density at radius 3 is 2.44 bits per heavy atom. The van der Waals surface area contributed by atoms with E-state index in [4.69, 9.17) is 4.74 Å². The highest BCUT2D eigenvalue weighted by molar-refractivity contribution is 7.80. The van der Waals surface area contributed by atoms with Crippen LogP contribution in [0.3, 0.4) is 0 Å². The lowest BCUT2D eigenvalue weighted by molar-refractivity contribution is -0.157. The Balaban J connectivity index is 1.76. The second-order valence-corrected chi connectivity index (χ2v) is 7.25. The predicted octanol–water partition coefficient (Wildman–Crippen LogP) is 3.23. The van der Waals surface area contributed by atoms with Crippen LogP contribution in [0.4, 0.5) is 0 Å². The Bertz CT molecular complexity index is 363. The maximum Gasteiger partial charge on any atom is 0.330 e. The summed E-state index contributed by atoms with van der Waals surface area (Å²) in [5.74, 6) is 2.42. The molecule has 100 valence electrons. The van der Waals surface area contributed by atoms with Crippen LogP contribution in [0.15, 0.2) is 12.7 Å². The van der Waals surface area contributed by atoms with Gasteiger partial charge < -0.3 is 4.74 Å². The van der Waals surface area contributed by atoms with Crippen molar-refractivity contribution in [3.8, 4) is 0 Å². The number of esters is 1. The Kier molecular flexibility index (Phi) is 3.00. The SMILES string of the molecule is C=CC(=O)OCC12CC3CC(CC(CS)(C3)C1)C2. The fourth-order valence-corrected chi connectivity index (χ4v) is 5.66. The van der Waals surface area contributed by atoms with Gasteiger partial charge in [0.2, 0.25) is 0 Å². The summed E-state index contributed by atoms with van der Waals surface area (Å²) in [6.07, 6.45) is 9.09. The number of thiol groups is 1. The minimum Gasteiger partial charge on any atom is -0.462 e. The number of hydrogen-bond acceptors (Lipinski definition) is 3. The molecule has 0 amide bonds. The molecular weight excluding hydrogens is 244 g/mol. The van der Waals surface area contributed by atoms with E-state index in [9.17, 15) is 4.79 Å². The van der Waals surface area contributed by atoms with Gasteiger partial charge in [-0.2, -0.15) is 12.6 Å². The first-order valence-electron chi connectivity index (χ1n) is 6.99.